The highest BCUT2D eigenvalue weighted by molar-refractivity contribution is 6.74. The van der Waals surface area contributed by atoms with Crippen LogP contribution in [-0.2, 0) is 9.16 Å². The Labute approximate surface area is 156 Å². The average molecular weight is 382 g/mol. The van der Waals surface area contributed by atoms with Gasteiger partial charge in [0.05, 0.1) is 36.2 Å². The molecule has 146 valence electrons. The lowest BCUT2D eigenvalue weighted by Crippen LogP contribution is -2.58. The average Bonchev–Trinajstić information content (AvgIpc) is 2.49. The van der Waals surface area contributed by atoms with E-state index >= 15 is 0 Å². The van der Waals surface area contributed by atoms with Crippen molar-refractivity contribution in [3.63, 3.8) is 0 Å². The maximum absolute atomic E-state index is 11.4. The number of nitrogens with two attached hydrogens (primary N) is 1. The molecule has 7 nitrogen and oxygen atoms in total. The van der Waals surface area contributed by atoms with Crippen molar-refractivity contribution in [1.82, 2.24) is 10.3 Å². The number of ether oxygens (including phenoxy) is 1. The zero-order chi connectivity index (χ0) is 19.7. The van der Waals surface area contributed by atoms with Crippen LogP contribution in [0.3, 0.4) is 0 Å². The fourth-order valence-corrected chi connectivity index (χ4v) is 4.38. The van der Waals surface area contributed by atoms with E-state index in [0.717, 1.165) is 5.56 Å². The first kappa shape index (κ1) is 20.7. The Bertz CT molecular complexity index is 648. The SMILES string of the molecule is CC1O[C@@H](c2ccncc2N)C[C@@H](NC(=O)O)[C@@H]1O[Si](C)(C)C(C)(C)C. The summed E-state index contributed by atoms with van der Waals surface area (Å²) in [6, 6.07) is 1.45. The Kier molecular flexibility index (Phi) is 5.99. The van der Waals surface area contributed by atoms with Crippen molar-refractivity contribution in [3.8, 4) is 0 Å². The molecule has 26 heavy (non-hydrogen) atoms. The number of amides is 1. The molecule has 0 aliphatic carbocycles. The van der Waals surface area contributed by atoms with Crippen LogP contribution in [0.15, 0.2) is 18.5 Å². The first-order valence-electron chi connectivity index (χ1n) is 8.94. The smallest absolute Gasteiger partial charge is 0.404 e. The van der Waals surface area contributed by atoms with Gasteiger partial charge in [0.2, 0.25) is 0 Å². The highest BCUT2D eigenvalue weighted by Gasteiger charge is 2.46. The van der Waals surface area contributed by atoms with Crippen molar-refractivity contribution < 1.29 is 19.1 Å². The summed E-state index contributed by atoms with van der Waals surface area (Å²) in [7, 11) is -2.09. The molecule has 0 radical (unpaired) electrons. The Balaban J connectivity index is 2.27. The third kappa shape index (κ3) is 4.55. The standard InChI is InChI=1S/C18H31N3O4Si/c1-11-16(25-26(5,6)18(2,3)4)14(21-17(22)23)9-15(24-11)12-7-8-20-10-13(12)19/h7-8,10-11,14-16,21H,9,19H2,1-6H3,(H,22,23)/t11?,14-,15-,16-/m1/s1. The quantitative estimate of drug-likeness (QED) is 0.689. The highest BCUT2D eigenvalue weighted by atomic mass is 28.4. The second-order valence-electron chi connectivity index (χ2n) is 8.47. The normalized spacial score (nSPS) is 27.2. The van der Waals surface area contributed by atoms with E-state index in [0.29, 0.717) is 12.1 Å². The Morgan fingerprint density at radius 2 is 2.12 bits per heavy atom. The molecule has 4 atom stereocenters. The fraction of sp³-hybridized carbons (Fsp3) is 0.667. The van der Waals surface area contributed by atoms with Crippen LogP contribution >= 0.6 is 0 Å². The minimum absolute atomic E-state index is 0.0207. The van der Waals surface area contributed by atoms with Crippen molar-refractivity contribution in [2.24, 2.45) is 0 Å². The van der Waals surface area contributed by atoms with Crippen molar-refractivity contribution in [1.29, 1.82) is 0 Å². The lowest BCUT2D eigenvalue weighted by molar-refractivity contribution is -0.118. The zero-order valence-corrected chi connectivity index (χ0v) is 17.4. The molecule has 1 aliphatic heterocycles. The Morgan fingerprint density at radius 3 is 2.65 bits per heavy atom. The van der Waals surface area contributed by atoms with Gasteiger partial charge in [0, 0.05) is 18.2 Å². The number of nitrogen functional groups attached to an aromatic ring is 1. The van der Waals surface area contributed by atoms with Gasteiger partial charge in [0.1, 0.15) is 0 Å². The van der Waals surface area contributed by atoms with Crippen molar-refractivity contribution >= 4 is 20.1 Å². The number of anilines is 1. The molecule has 0 saturated carbocycles. The van der Waals surface area contributed by atoms with Crippen molar-refractivity contribution in [2.45, 2.75) is 76.6 Å². The van der Waals surface area contributed by atoms with E-state index in [1.54, 1.807) is 12.4 Å². The molecule has 1 fully saturated rings. The van der Waals surface area contributed by atoms with Gasteiger partial charge < -0.3 is 25.3 Å². The van der Waals surface area contributed by atoms with Gasteiger partial charge in [-0.15, -0.1) is 0 Å². The summed E-state index contributed by atoms with van der Waals surface area (Å²) < 4.78 is 12.7. The number of pyridine rings is 1. The third-order valence-corrected chi connectivity index (χ3v) is 9.96. The van der Waals surface area contributed by atoms with E-state index in [9.17, 15) is 9.90 Å². The number of hydrogen-bond donors (Lipinski definition) is 3. The van der Waals surface area contributed by atoms with Gasteiger partial charge in [-0.05, 0) is 31.1 Å². The third-order valence-electron chi connectivity index (χ3n) is 5.49. The molecular formula is C18H31N3O4Si. The van der Waals surface area contributed by atoms with Gasteiger partial charge in [-0.25, -0.2) is 4.79 Å². The molecule has 1 aromatic heterocycles. The molecule has 1 unspecified atom stereocenters. The van der Waals surface area contributed by atoms with E-state index in [-0.39, 0.29) is 29.4 Å². The van der Waals surface area contributed by atoms with Gasteiger partial charge in [0.15, 0.2) is 8.32 Å². The van der Waals surface area contributed by atoms with Crippen LogP contribution in [0.4, 0.5) is 10.5 Å². The summed E-state index contributed by atoms with van der Waals surface area (Å²) in [5, 5.41) is 12.0. The largest absolute Gasteiger partial charge is 0.465 e. The summed E-state index contributed by atoms with van der Waals surface area (Å²) in [6.45, 7) is 12.7. The van der Waals surface area contributed by atoms with E-state index in [1.165, 1.54) is 0 Å². The zero-order valence-electron chi connectivity index (χ0n) is 16.4. The van der Waals surface area contributed by atoms with Crippen LogP contribution < -0.4 is 11.1 Å². The van der Waals surface area contributed by atoms with E-state index < -0.39 is 14.4 Å². The lowest BCUT2D eigenvalue weighted by Gasteiger charge is -2.46. The minimum atomic E-state index is -2.09. The molecule has 1 aliphatic rings. The van der Waals surface area contributed by atoms with Crippen LogP contribution in [0.25, 0.3) is 0 Å². The maximum Gasteiger partial charge on any atom is 0.404 e. The number of nitrogens with zero attached hydrogens (tertiary/aromatic N) is 1. The first-order valence-corrected chi connectivity index (χ1v) is 11.9. The predicted molar refractivity (Wildman–Crippen MR) is 104 cm³/mol. The van der Waals surface area contributed by atoms with Gasteiger partial charge >= 0.3 is 6.09 Å². The topological polar surface area (TPSA) is 107 Å². The molecule has 4 N–H and O–H groups in total. The molecule has 1 amide bonds. The molecule has 0 aromatic carbocycles. The summed E-state index contributed by atoms with van der Waals surface area (Å²) in [4.78, 5) is 15.4. The molecule has 2 heterocycles. The van der Waals surface area contributed by atoms with Crippen molar-refractivity contribution in [2.75, 3.05) is 5.73 Å². The summed E-state index contributed by atoms with van der Waals surface area (Å²) in [6.07, 6.45) is 1.74. The number of hydrogen-bond acceptors (Lipinski definition) is 5. The lowest BCUT2D eigenvalue weighted by atomic mass is 9.92. The molecular weight excluding hydrogens is 350 g/mol. The van der Waals surface area contributed by atoms with Crippen molar-refractivity contribution in [3.05, 3.63) is 24.0 Å². The minimum Gasteiger partial charge on any atom is -0.465 e. The van der Waals surface area contributed by atoms with Crippen LogP contribution in [0.1, 0.15) is 45.8 Å². The Morgan fingerprint density at radius 1 is 1.46 bits per heavy atom. The summed E-state index contributed by atoms with van der Waals surface area (Å²) >= 11 is 0. The predicted octanol–water partition coefficient (Wildman–Crippen LogP) is 3.54. The van der Waals surface area contributed by atoms with Gasteiger partial charge in [-0.1, -0.05) is 20.8 Å². The number of carbonyl (C=O) groups is 1. The first-order chi connectivity index (χ1) is 11.9. The fourth-order valence-electron chi connectivity index (χ4n) is 2.99. The Hall–Kier alpha value is -1.64. The summed E-state index contributed by atoms with van der Waals surface area (Å²) in [5.74, 6) is 0. The van der Waals surface area contributed by atoms with Gasteiger partial charge in [0.25, 0.3) is 0 Å². The van der Waals surface area contributed by atoms with Gasteiger partial charge in [-0.2, -0.15) is 0 Å². The second kappa shape index (κ2) is 7.54. The van der Waals surface area contributed by atoms with E-state index in [1.807, 2.05) is 13.0 Å². The second-order valence-corrected chi connectivity index (χ2v) is 13.2. The van der Waals surface area contributed by atoms with Crippen LogP contribution in [0.5, 0.6) is 0 Å². The molecule has 0 bridgehead atoms. The van der Waals surface area contributed by atoms with E-state index in [2.05, 4.69) is 44.2 Å². The number of carboxylic acid groups (broad SMARTS) is 1. The van der Waals surface area contributed by atoms with Crippen LogP contribution in [-0.4, -0.2) is 42.8 Å². The molecule has 0 spiro atoms. The molecule has 2 rings (SSSR count). The maximum atomic E-state index is 11.4. The molecule has 8 heteroatoms. The molecule has 1 aromatic rings. The van der Waals surface area contributed by atoms with E-state index in [4.69, 9.17) is 14.9 Å². The molecule has 1 saturated heterocycles. The van der Waals surface area contributed by atoms with Crippen LogP contribution in [0, 0.1) is 0 Å². The number of aromatic nitrogens is 1. The van der Waals surface area contributed by atoms with Crippen LogP contribution in [0.2, 0.25) is 18.1 Å². The summed E-state index contributed by atoms with van der Waals surface area (Å²) in [5.41, 5.74) is 7.41. The van der Waals surface area contributed by atoms with Gasteiger partial charge in [-0.3, -0.25) is 4.98 Å². The highest BCUT2D eigenvalue weighted by Crippen LogP contribution is 2.41. The monoisotopic (exact) mass is 381 g/mol. The number of rotatable bonds is 4. The number of nitrogens with one attached hydrogen (secondary N) is 1.